The number of rotatable bonds is 13. The van der Waals surface area contributed by atoms with Gasteiger partial charge in [0.05, 0.1) is 19.8 Å². The Morgan fingerprint density at radius 1 is 0.920 bits per heavy atom. The summed E-state index contributed by atoms with van der Waals surface area (Å²) in [4.78, 5) is 23.9. The molecule has 0 radical (unpaired) electrons. The molecule has 2 aliphatic rings. The Bertz CT molecular complexity index is 430. The average molecular weight is 356 g/mol. The number of hydrogen-bond acceptors (Lipinski definition) is 6. The minimum atomic E-state index is -0.548. The van der Waals surface area contributed by atoms with Crippen LogP contribution in [0.15, 0.2) is 0 Å². The molecule has 0 aromatic heterocycles. The molecule has 144 valence electrons. The molecule has 2 saturated carbocycles. The van der Waals surface area contributed by atoms with Crippen LogP contribution in [-0.4, -0.2) is 50.1 Å². The van der Waals surface area contributed by atoms with E-state index in [9.17, 15) is 9.59 Å². The summed E-state index contributed by atoms with van der Waals surface area (Å²) < 4.78 is 21.7. The first-order valence-corrected chi connectivity index (χ1v) is 9.59. The average Bonchev–Trinajstić information content (AvgIpc) is 3.49. The maximum absolute atomic E-state index is 12.0. The van der Waals surface area contributed by atoms with Crippen molar-refractivity contribution in [3.8, 4) is 0 Å². The van der Waals surface area contributed by atoms with Crippen LogP contribution in [0.25, 0.3) is 0 Å². The normalized spacial score (nSPS) is 20.6. The van der Waals surface area contributed by atoms with E-state index in [-0.39, 0.29) is 24.6 Å². The lowest BCUT2D eigenvalue weighted by atomic mass is 10.2. The zero-order valence-electron chi connectivity index (χ0n) is 15.7. The van der Waals surface area contributed by atoms with Crippen molar-refractivity contribution in [3.63, 3.8) is 0 Å². The zero-order chi connectivity index (χ0) is 18.2. The van der Waals surface area contributed by atoms with Gasteiger partial charge in [-0.2, -0.15) is 0 Å². The number of ether oxygens (including phenoxy) is 4. The van der Waals surface area contributed by atoms with Crippen LogP contribution < -0.4 is 0 Å². The topological polar surface area (TPSA) is 71.1 Å². The highest BCUT2D eigenvalue weighted by molar-refractivity contribution is 5.74. The van der Waals surface area contributed by atoms with E-state index in [0.717, 1.165) is 0 Å². The molecular formula is C19H32O6. The van der Waals surface area contributed by atoms with E-state index in [1.165, 1.54) is 25.7 Å². The second-order valence-electron chi connectivity index (χ2n) is 7.26. The first-order valence-electron chi connectivity index (χ1n) is 9.59. The minimum Gasteiger partial charge on any atom is -0.464 e. The summed E-state index contributed by atoms with van der Waals surface area (Å²) in [6.45, 7) is 6.85. The van der Waals surface area contributed by atoms with Crippen LogP contribution in [0, 0.1) is 11.8 Å². The molecule has 3 atom stereocenters. The number of carbonyl (C=O) groups is 2. The molecule has 0 aliphatic heterocycles. The highest BCUT2D eigenvalue weighted by Crippen LogP contribution is 2.29. The molecule has 0 bridgehead atoms. The summed E-state index contributed by atoms with van der Waals surface area (Å²) in [7, 11) is 0. The molecule has 0 heterocycles. The van der Waals surface area contributed by atoms with Crippen molar-refractivity contribution in [3.05, 3.63) is 0 Å². The van der Waals surface area contributed by atoms with E-state index in [1.54, 1.807) is 13.8 Å². The van der Waals surface area contributed by atoms with Crippen LogP contribution in [0.5, 0.6) is 0 Å². The van der Waals surface area contributed by atoms with Gasteiger partial charge < -0.3 is 18.9 Å². The third kappa shape index (κ3) is 8.19. The Morgan fingerprint density at radius 3 is 1.92 bits per heavy atom. The lowest BCUT2D eigenvalue weighted by molar-refractivity contribution is -0.164. The first kappa shape index (κ1) is 20.2. The highest BCUT2D eigenvalue weighted by Gasteiger charge is 2.26. The molecule has 0 N–H and O–H groups in total. The van der Waals surface area contributed by atoms with Gasteiger partial charge in [0.15, 0.2) is 12.2 Å². The van der Waals surface area contributed by atoms with Crippen LogP contribution in [0.3, 0.4) is 0 Å². The fraction of sp³-hybridized carbons (Fsp3) is 0.895. The molecule has 0 saturated heterocycles. The molecule has 0 unspecified atom stereocenters. The second-order valence-corrected chi connectivity index (χ2v) is 7.26. The molecule has 2 fully saturated rings. The summed E-state index contributed by atoms with van der Waals surface area (Å²) in [5.74, 6) is 0.520. The van der Waals surface area contributed by atoms with Gasteiger partial charge in [0, 0.05) is 6.42 Å². The molecule has 0 spiro atoms. The number of hydrogen-bond donors (Lipinski definition) is 0. The monoisotopic (exact) mass is 356 g/mol. The minimum absolute atomic E-state index is 0.221. The number of esters is 2. The molecule has 25 heavy (non-hydrogen) atoms. The molecule has 0 aromatic rings. The summed E-state index contributed by atoms with van der Waals surface area (Å²) in [6.07, 6.45) is 4.55. The molecular weight excluding hydrogens is 324 g/mol. The Balaban J connectivity index is 1.57. The summed E-state index contributed by atoms with van der Waals surface area (Å²) in [5.41, 5.74) is 0. The predicted molar refractivity (Wildman–Crippen MR) is 92.0 cm³/mol. The smallest absolute Gasteiger partial charge is 0.335 e. The van der Waals surface area contributed by atoms with Gasteiger partial charge in [0.1, 0.15) is 6.10 Å². The van der Waals surface area contributed by atoms with Crippen molar-refractivity contribution < 1.29 is 28.5 Å². The van der Waals surface area contributed by atoms with Crippen molar-refractivity contribution in [2.24, 2.45) is 11.8 Å². The first-order chi connectivity index (χ1) is 12.0. The van der Waals surface area contributed by atoms with E-state index in [1.807, 2.05) is 6.92 Å². The fourth-order valence-electron chi connectivity index (χ4n) is 2.28. The quantitative estimate of drug-likeness (QED) is 0.473. The van der Waals surface area contributed by atoms with Crippen molar-refractivity contribution in [2.45, 2.75) is 77.6 Å². The third-order valence-electron chi connectivity index (χ3n) is 4.64. The Morgan fingerprint density at radius 2 is 1.44 bits per heavy atom. The summed E-state index contributed by atoms with van der Waals surface area (Å²) in [6, 6.07) is 0. The molecule has 0 amide bonds. The van der Waals surface area contributed by atoms with E-state index in [2.05, 4.69) is 0 Å². The SMILES string of the molecule is CC[C@H](CCOC(=O)[C@H](C)OCC1CC1)OC(=O)[C@H](C)OCC1CC1. The van der Waals surface area contributed by atoms with Crippen LogP contribution in [0.2, 0.25) is 0 Å². The zero-order valence-corrected chi connectivity index (χ0v) is 15.7. The van der Waals surface area contributed by atoms with E-state index in [0.29, 0.717) is 37.9 Å². The van der Waals surface area contributed by atoms with Crippen molar-refractivity contribution in [2.75, 3.05) is 19.8 Å². The Labute approximate surface area is 150 Å². The lowest BCUT2D eigenvalue weighted by Gasteiger charge is -2.20. The molecule has 6 heteroatoms. The van der Waals surface area contributed by atoms with Crippen molar-refractivity contribution >= 4 is 11.9 Å². The van der Waals surface area contributed by atoms with Crippen LogP contribution in [0.1, 0.15) is 59.3 Å². The van der Waals surface area contributed by atoms with Gasteiger partial charge in [0.2, 0.25) is 0 Å². The fourth-order valence-corrected chi connectivity index (χ4v) is 2.28. The van der Waals surface area contributed by atoms with Gasteiger partial charge in [-0.05, 0) is 57.8 Å². The largest absolute Gasteiger partial charge is 0.464 e. The third-order valence-corrected chi connectivity index (χ3v) is 4.64. The van der Waals surface area contributed by atoms with Gasteiger partial charge in [0.25, 0.3) is 0 Å². The van der Waals surface area contributed by atoms with Crippen LogP contribution in [-0.2, 0) is 28.5 Å². The molecule has 0 aromatic carbocycles. The lowest BCUT2D eigenvalue weighted by Crippen LogP contribution is -2.30. The standard InChI is InChI=1S/C19H32O6/c1-4-17(25-19(21)14(3)24-12-16-7-8-16)9-10-22-18(20)13(2)23-11-15-5-6-15/h13-17H,4-12H2,1-3H3/t13-,14-,17+/m0/s1. The summed E-state index contributed by atoms with van der Waals surface area (Å²) >= 11 is 0. The summed E-state index contributed by atoms with van der Waals surface area (Å²) in [5, 5.41) is 0. The molecule has 6 nitrogen and oxygen atoms in total. The number of carbonyl (C=O) groups excluding carboxylic acids is 2. The van der Waals surface area contributed by atoms with E-state index >= 15 is 0 Å². The Kier molecular flexibility index (Phi) is 8.16. The van der Waals surface area contributed by atoms with E-state index < -0.39 is 12.2 Å². The predicted octanol–water partition coefficient (Wildman–Crippen LogP) is 2.87. The molecule has 2 rings (SSSR count). The van der Waals surface area contributed by atoms with Gasteiger partial charge in [-0.15, -0.1) is 0 Å². The Hall–Kier alpha value is -1.14. The maximum atomic E-state index is 12.0. The van der Waals surface area contributed by atoms with Gasteiger partial charge in [-0.1, -0.05) is 6.92 Å². The van der Waals surface area contributed by atoms with Crippen LogP contribution in [0.4, 0.5) is 0 Å². The van der Waals surface area contributed by atoms with Crippen molar-refractivity contribution in [1.29, 1.82) is 0 Å². The van der Waals surface area contributed by atoms with Gasteiger partial charge in [-0.25, -0.2) is 9.59 Å². The highest BCUT2D eigenvalue weighted by atomic mass is 16.6. The van der Waals surface area contributed by atoms with Crippen LogP contribution >= 0.6 is 0 Å². The van der Waals surface area contributed by atoms with Gasteiger partial charge in [-0.3, -0.25) is 0 Å². The van der Waals surface area contributed by atoms with Gasteiger partial charge >= 0.3 is 11.9 Å². The molecule has 2 aliphatic carbocycles. The maximum Gasteiger partial charge on any atom is 0.335 e. The van der Waals surface area contributed by atoms with Crippen molar-refractivity contribution in [1.82, 2.24) is 0 Å². The van der Waals surface area contributed by atoms with E-state index in [4.69, 9.17) is 18.9 Å². The second kappa shape index (κ2) is 10.1.